The van der Waals surface area contributed by atoms with E-state index in [9.17, 15) is 0 Å². The maximum Gasteiger partial charge on any atom is 0.131 e. The Balaban J connectivity index is 2.08. The number of nitrogens with two attached hydrogens (primary N) is 1. The molecule has 0 bridgehead atoms. The highest BCUT2D eigenvalue weighted by Crippen LogP contribution is 2.20. The van der Waals surface area contributed by atoms with Crippen LogP contribution in [0, 0.1) is 13.8 Å². The number of aliphatic hydroxyl groups excluding tert-OH is 1. The number of anilines is 1. The van der Waals surface area contributed by atoms with E-state index in [0.29, 0.717) is 6.61 Å². The summed E-state index contributed by atoms with van der Waals surface area (Å²) in [4.78, 5) is 4.34. The molecule has 100 valence electrons. The van der Waals surface area contributed by atoms with E-state index in [4.69, 9.17) is 15.6 Å². The van der Waals surface area contributed by atoms with Crippen molar-refractivity contribution in [3.63, 3.8) is 0 Å². The van der Waals surface area contributed by atoms with E-state index in [0.717, 1.165) is 33.8 Å². The number of aliphatic hydroxyl groups is 1. The molecule has 0 aliphatic heterocycles. The monoisotopic (exact) mass is 258 g/mol. The van der Waals surface area contributed by atoms with Crippen LogP contribution in [0.2, 0.25) is 0 Å². The third kappa shape index (κ3) is 3.03. The molecule has 4 nitrogen and oxygen atoms in total. The summed E-state index contributed by atoms with van der Waals surface area (Å²) in [5.74, 6) is 0.748. The number of nitrogens with zero attached hydrogens (tertiary/aromatic N) is 1. The van der Waals surface area contributed by atoms with Crippen LogP contribution in [0.4, 0.5) is 5.69 Å². The maximum atomic E-state index is 8.96. The molecule has 1 aromatic carbocycles. The van der Waals surface area contributed by atoms with E-state index in [1.165, 1.54) is 0 Å². The smallest absolute Gasteiger partial charge is 0.131 e. The van der Waals surface area contributed by atoms with E-state index in [-0.39, 0.29) is 6.61 Å². The predicted molar refractivity (Wildman–Crippen MR) is 74.8 cm³/mol. The third-order valence-electron chi connectivity index (χ3n) is 3.16. The van der Waals surface area contributed by atoms with Crippen molar-refractivity contribution in [3.05, 3.63) is 52.8 Å². The lowest BCUT2D eigenvalue weighted by atomic mass is 10.1. The van der Waals surface area contributed by atoms with Crippen molar-refractivity contribution in [2.24, 2.45) is 0 Å². The number of aromatic nitrogens is 1. The Labute approximate surface area is 112 Å². The number of rotatable bonds is 4. The Morgan fingerprint density at radius 3 is 2.53 bits per heavy atom. The number of aryl methyl sites for hydroxylation is 1. The lowest BCUT2D eigenvalue weighted by Crippen LogP contribution is -2.05. The molecule has 0 saturated carbocycles. The normalized spacial score (nSPS) is 10.5. The molecule has 19 heavy (non-hydrogen) atoms. The minimum absolute atomic E-state index is 0.0371. The van der Waals surface area contributed by atoms with Gasteiger partial charge in [-0.05, 0) is 42.7 Å². The van der Waals surface area contributed by atoms with Crippen LogP contribution in [0.5, 0.6) is 5.75 Å². The molecule has 0 fully saturated rings. The molecular weight excluding hydrogens is 240 g/mol. The van der Waals surface area contributed by atoms with Crippen molar-refractivity contribution in [1.82, 2.24) is 4.98 Å². The van der Waals surface area contributed by atoms with Crippen LogP contribution in [-0.4, -0.2) is 10.1 Å². The first kappa shape index (κ1) is 13.4. The summed E-state index contributed by atoms with van der Waals surface area (Å²) in [5.41, 5.74) is 10.4. The lowest BCUT2D eigenvalue weighted by Gasteiger charge is -2.11. The molecular formula is C15H18N2O2. The molecule has 0 radical (unpaired) electrons. The first-order valence-electron chi connectivity index (χ1n) is 6.15. The molecule has 0 amide bonds. The van der Waals surface area contributed by atoms with Crippen LogP contribution in [0.25, 0.3) is 0 Å². The third-order valence-corrected chi connectivity index (χ3v) is 3.16. The molecule has 1 aromatic heterocycles. The van der Waals surface area contributed by atoms with Gasteiger partial charge in [0.15, 0.2) is 0 Å². The lowest BCUT2D eigenvalue weighted by molar-refractivity contribution is 0.280. The Kier molecular flexibility index (Phi) is 4.02. The second kappa shape index (κ2) is 5.71. The highest BCUT2D eigenvalue weighted by molar-refractivity contribution is 5.53. The fourth-order valence-electron chi connectivity index (χ4n) is 1.78. The van der Waals surface area contributed by atoms with Gasteiger partial charge in [0.05, 0.1) is 12.3 Å². The zero-order chi connectivity index (χ0) is 13.8. The molecule has 0 aliphatic rings. The SMILES string of the molecule is Cc1cnc(COc2ccc(CO)cc2)c(C)c1N. The van der Waals surface area contributed by atoms with Crippen molar-refractivity contribution in [2.75, 3.05) is 5.73 Å². The molecule has 0 atom stereocenters. The van der Waals surface area contributed by atoms with E-state index < -0.39 is 0 Å². The zero-order valence-corrected chi connectivity index (χ0v) is 11.2. The van der Waals surface area contributed by atoms with Crippen LogP contribution in [0.15, 0.2) is 30.5 Å². The molecule has 0 aliphatic carbocycles. The summed E-state index contributed by atoms with van der Waals surface area (Å²) in [6.07, 6.45) is 1.76. The van der Waals surface area contributed by atoms with Gasteiger partial charge >= 0.3 is 0 Å². The fraction of sp³-hybridized carbons (Fsp3) is 0.267. The van der Waals surface area contributed by atoms with Gasteiger partial charge in [-0.2, -0.15) is 0 Å². The summed E-state index contributed by atoms with van der Waals surface area (Å²) < 4.78 is 5.67. The van der Waals surface area contributed by atoms with Crippen LogP contribution in [-0.2, 0) is 13.2 Å². The molecule has 3 N–H and O–H groups in total. The van der Waals surface area contributed by atoms with Crippen LogP contribution in [0.1, 0.15) is 22.4 Å². The van der Waals surface area contributed by atoms with Gasteiger partial charge in [0.2, 0.25) is 0 Å². The van der Waals surface area contributed by atoms with Crippen molar-refractivity contribution < 1.29 is 9.84 Å². The number of pyridine rings is 1. The number of benzene rings is 1. The maximum absolute atomic E-state index is 8.96. The number of hydrogen-bond acceptors (Lipinski definition) is 4. The van der Waals surface area contributed by atoms with Gasteiger partial charge < -0.3 is 15.6 Å². The molecule has 4 heteroatoms. The number of hydrogen-bond donors (Lipinski definition) is 2. The average molecular weight is 258 g/mol. The van der Waals surface area contributed by atoms with Crippen molar-refractivity contribution in [3.8, 4) is 5.75 Å². The van der Waals surface area contributed by atoms with Crippen LogP contribution < -0.4 is 10.5 Å². The largest absolute Gasteiger partial charge is 0.487 e. The van der Waals surface area contributed by atoms with Crippen molar-refractivity contribution >= 4 is 5.69 Å². The molecule has 0 unspecified atom stereocenters. The summed E-state index contributed by atoms with van der Waals surface area (Å²) in [7, 11) is 0. The van der Waals surface area contributed by atoms with Gasteiger partial charge in [0, 0.05) is 11.9 Å². The van der Waals surface area contributed by atoms with Crippen molar-refractivity contribution in [1.29, 1.82) is 0 Å². The molecule has 2 aromatic rings. The van der Waals surface area contributed by atoms with Gasteiger partial charge in [-0.1, -0.05) is 12.1 Å². The first-order chi connectivity index (χ1) is 9.11. The van der Waals surface area contributed by atoms with Gasteiger partial charge in [0.1, 0.15) is 12.4 Å². The van der Waals surface area contributed by atoms with E-state index >= 15 is 0 Å². The Bertz CT molecular complexity index is 565. The predicted octanol–water partition coefficient (Wildman–Crippen LogP) is 2.35. The fourth-order valence-corrected chi connectivity index (χ4v) is 1.78. The minimum Gasteiger partial charge on any atom is -0.487 e. The number of ether oxygens (including phenoxy) is 1. The van der Waals surface area contributed by atoms with Gasteiger partial charge in [-0.3, -0.25) is 4.98 Å². The quantitative estimate of drug-likeness (QED) is 0.883. The van der Waals surface area contributed by atoms with Gasteiger partial charge in [-0.15, -0.1) is 0 Å². The second-order valence-electron chi connectivity index (χ2n) is 4.52. The molecule has 1 heterocycles. The second-order valence-corrected chi connectivity index (χ2v) is 4.52. The molecule has 2 rings (SSSR count). The first-order valence-corrected chi connectivity index (χ1v) is 6.15. The average Bonchev–Trinajstić information content (AvgIpc) is 2.45. The van der Waals surface area contributed by atoms with Gasteiger partial charge in [0.25, 0.3) is 0 Å². The topological polar surface area (TPSA) is 68.4 Å². The van der Waals surface area contributed by atoms with Crippen LogP contribution in [0.3, 0.4) is 0 Å². The Morgan fingerprint density at radius 2 is 1.89 bits per heavy atom. The summed E-state index contributed by atoms with van der Waals surface area (Å²) in [6, 6.07) is 7.33. The summed E-state index contributed by atoms with van der Waals surface area (Å²) in [5, 5.41) is 8.96. The summed E-state index contributed by atoms with van der Waals surface area (Å²) >= 11 is 0. The van der Waals surface area contributed by atoms with Crippen molar-refractivity contribution in [2.45, 2.75) is 27.1 Å². The Morgan fingerprint density at radius 1 is 1.21 bits per heavy atom. The zero-order valence-electron chi connectivity index (χ0n) is 11.2. The van der Waals surface area contributed by atoms with E-state index in [2.05, 4.69) is 4.98 Å². The van der Waals surface area contributed by atoms with E-state index in [1.807, 2.05) is 38.1 Å². The van der Waals surface area contributed by atoms with E-state index in [1.54, 1.807) is 6.20 Å². The van der Waals surface area contributed by atoms with Gasteiger partial charge in [-0.25, -0.2) is 0 Å². The summed E-state index contributed by atoms with van der Waals surface area (Å²) in [6.45, 7) is 4.31. The molecule has 0 spiro atoms. The minimum atomic E-state index is 0.0371. The Hall–Kier alpha value is -2.07. The highest BCUT2D eigenvalue weighted by Gasteiger charge is 2.06. The molecule has 0 saturated heterocycles. The standard InChI is InChI=1S/C15H18N2O2/c1-10-7-17-14(11(2)15(10)16)9-19-13-5-3-12(8-18)4-6-13/h3-7,18H,8-9H2,1-2H3,(H2,16,17). The number of nitrogen functional groups attached to an aromatic ring is 1. The van der Waals surface area contributed by atoms with Crippen LogP contribution >= 0.6 is 0 Å². The highest BCUT2D eigenvalue weighted by atomic mass is 16.5.